The maximum absolute atomic E-state index is 11.6. The minimum Gasteiger partial charge on any atom is -0.666 e. The van der Waals surface area contributed by atoms with Crippen LogP contribution >= 0.6 is 0 Å². The minimum atomic E-state index is -1.29. The Balaban J connectivity index is 0. The fraction of sp³-hybridized carbons (Fsp3) is 0.286. The van der Waals surface area contributed by atoms with Gasteiger partial charge in [-0.2, -0.15) is 0 Å². The van der Waals surface area contributed by atoms with E-state index in [-0.39, 0.29) is 20.1 Å². The molecule has 0 saturated carbocycles. The molecule has 22 heavy (non-hydrogen) atoms. The molecule has 0 heterocycles. The average Bonchev–Trinajstić information content (AvgIpc) is 2.32. The van der Waals surface area contributed by atoms with Gasteiger partial charge >= 0.3 is 5.97 Å². The van der Waals surface area contributed by atoms with Gasteiger partial charge in [0.05, 0.1) is 0 Å². The van der Waals surface area contributed by atoms with Crippen LogP contribution in [-0.4, -0.2) is 34.1 Å². The smallest absolute Gasteiger partial charge is 0.302 e. The van der Waals surface area contributed by atoms with Gasteiger partial charge in [0.2, 0.25) is 5.91 Å². The molecule has 1 aromatic rings. The van der Waals surface area contributed by atoms with Gasteiger partial charge in [0.1, 0.15) is 0 Å². The van der Waals surface area contributed by atoms with E-state index in [1.807, 2.05) is 32.0 Å². The molecule has 1 rings (SSSR count). The van der Waals surface area contributed by atoms with E-state index in [1.165, 1.54) is 0 Å². The van der Waals surface area contributed by atoms with Crippen molar-refractivity contribution >= 4 is 23.5 Å². The number of amides is 1. The Labute approximate surface area is 142 Å². The van der Waals surface area contributed by atoms with Crippen molar-refractivity contribution in [2.24, 2.45) is 0 Å². The van der Waals surface area contributed by atoms with Crippen LogP contribution in [0.4, 0.5) is 5.69 Å². The maximum atomic E-state index is 11.6. The zero-order valence-electron chi connectivity index (χ0n) is 12.2. The van der Waals surface area contributed by atoms with Gasteiger partial charge in [0.25, 0.3) is 0 Å². The summed E-state index contributed by atoms with van der Waals surface area (Å²) in [5, 5.41) is 18.4. The number of aryl methyl sites for hydroxylation is 2. The molecule has 4 N–H and O–H groups in total. The second-order valence-electron chi connectivity index (χ2n) is 4.30. The van der Waals surface area contributed by atoms with Crippen molar-refractivity contribution in [3.63, 3.8) is 0 Å². The molecule has 1 atom stereocenters. The Morgan fingerprint density at radius 1 is 1.23 bits per heavy atom. The van der Waals surface area contributed by atoms with Crippen LogP contribution in [0, 0.1) is 20.8 Å². The third-order valence-electron chi connectivity index (χ3n) is 2.42. The van der Waals surface area contributed by atoms with E-state index in [0.29, 0.717) is 5.69 Å². The van der Waals surface area contributed by atoms with Gasteiger partial charge in [-0.1, -0.05) is 18.2 Å². The van der Waals surface area contributed by atoms with Crippen LogP contribution in [0.15, 0.2) is 18.2 Å². The molecule has 1 amide bonds. The van der Waals surface area contributed by atoms with Crippen LogP contribution in [0.3, 0.4) is 0 Å². The van der Waals surface area contributed by atoms with E-state index < -0.39 is 30.3 Å². The average molecular weight is 392 g/mol. The molecule has 0 aliphatic rings. The molecular weight excluding hydrogens is 374 g/mol. The summed E-state index contributed by atoms with van der Waals surface area (Å²) in [6.45, 7) is 6.25. The zero-order valence-corrected chi connectivity index (χ0v) is 14.1. The van der Waals surface area contributed by atoms with Gasteiger partial charge in [0, 0.05) is 32.2 Å². The number of benzene rings is 1. The molecule has 1 aromatic carbocycles. The minimum absolute atomic E-state index is 0. The van der Waals surface area contributed by atoms with Crippen molar-refractivity contribution < 1.29 is 44.7 Å². The second-order valence-corrected chi connectivity index (χ2v) is 4.30. The molecule has 8 heteroatoms. The van der Waals surface area contributed by atoms with Gasteiger partial charge in [-0.3, -0.25) is 21.3 Å². The predicted molar refractivity (Wildman–Crippen MR) is 77.9 cm³/mol. The quantitative estimate of drug-likeness (QED) is 0.676. The van der Waals surface area contributed by atoms with Crippen molar-refractivity contribution in [2.75, 3.05) is 5.32 Å². The number of carbonyl (C=O) groups is 3. The number of nitrogens with one attached hydrogen (secondary N) is 2. The SMILES string of the molecule is Cc1cccc(C)c1NC(=O)C([NH-])CC(=O)O.[CH2-]C(=O)O.[Tc]. The summed E-state index contributed by atoms with van der Waals surface area (Å²) >= 11 is 0. The van der Waals surface area contributed by atoms with E-state index in [9.17, 15) is 9.59 Å². The molecule has 0 spiro atoms. The first kappa shape index (κ1) is 22.4. The second kappa shape index (κ2) is 10.8. The molecule has 0 aliphatic heterocycles. The summed E-state index contributed by atoms with van der Waals surface area (Å²) in [5.41, 5.74) is 9.84. The number of rotatable bonds is 4. The third kappa shape index (κ3) is 9.12. The van der Waals surface area contributed by atoms with Crippen molar-refractivity contribution in [1.29, 1.82) is 0 Å². The Hall–Kier alpha value is -1.89. The number of carbonyl (C=O) groups excluding carboxylic acids is 1. The summed E-state index contributed by atoms with van der Waals surface area (Å²) in [5.74, 6) is -2.83. The van der Waals surface area contributed by atoms with Crippen molar-refractivity contribution in [3.05, 3.63) is 42.0 Å². The van der Waals surface area contributed by atoms with Crippen molar-refractivity contribution in [2.45, 2.75) is 26.3 Å². The van der Waals surface area contributed by atoms with Crippen molar-refractivity contribution in [3.8, 4) is 0 Å². The standard InChI is InChI=1S/C12H15N2O3.C2H3O2.Tc/c1-7-4-3-5-8(2)11(7)14-12(17)9(13)6-10(15)16;1-2(3)4;/h3-5,9,13H,6H2,1-2H3,(H,14,17)(H,15,16);1H2,(H,3,4);/q2*-1;. The molecule has 0 bridgehead atoms. The van der Waals surface area contributed by atoms with Gasteiger partial charge in [0.15, 0.2) is 5.97 Å². The normalized spacial score (nSPS) is 10.3. The van der Waals surface area contributed by atoms with E-state index >= 15 is 0 Å². The fourth-order valence-electron chi connectivity index (χ4n) is 1.49. The van der Waals surface area contributed by atoms with Gasteiger partial charge < -0.3 is 21.3 Å². The number of aliphatic carboxylic acids is 2. The largest absolute Gasteiger partial charge is 0.666 e. The molecule has 0 aliphatic carbocycles. The summed E-state index contributed by atoms with van der Waals surface area (Å²) in [7, 11) is 0. The topological polar surface area (TPSA) is 128 Å². The number of hydrogen-bond acceptors (Lipinski definition) is 3. The monoisotopic (exact) mass is 391 g/mol. The Bertz CT molecular complexity index is 510. The molecular formula is C14H18N2O5Tc-2. The van der Waals surface area contributed by atoms with Gasteiger partial charge in [-0.15, -0.1) is 0 Å². The molecule has 0 fully saturated rings. The van der Waals surface area contributed by atoms with E-state index in [0.717, 1.165) is 11.1 Å². The van der Waals surface area contributed by atoms with Gasteiger partial charge in [-0.05, 0) is 31.0 Å². The van der Waals surface area contributed by atoms with Crippen LogP contribution in [0.5, 0.6) is 0 Å². The van der Waals surface area contributed by atoms with E-state index in [4.69, 9.17) is 20.7 Å². The van der Waals surface area contributed by atoms with Crippen LogP contribution in [0.2, 0.25) is 0 Å². The van der Waals surface area contributed by atoms with E-state index in [1.54, 1.807) is 0 Å². The van der Waals surface area contributed by atoms with Crippen molar-refractivity contribution in [1.82, 2.24) is 0 Å². The summed E-state index contributed by atoms with van der Waals surface area (Å²) in [6.07, 6.45) is -0.489. The van der Waals surface area contributed by atoms with Crippen LogP contribution in [0.25, 0.3) is 5.73 Å². The van der Waals surface area contributed by atoms with Crippen LogP contribution < -0.4 is 5.32 Å². The number of hydrogen-bond donors (Lipinski definition) is 3. The predicted octanol–water partition coefficient (Wildman–Crippen LogP) is 2.04. The number of carboxylic acids is 2. The first-order valence-electron chi connectivity index (χ1n) is 6.00. The first-order valence-corrected chi connectivity index (χ1v) is 6.00. The first-order chi connectivity index (χ1) is 9.65. The third-order valence-corrected chi connectivity index (χ3v) is 2.42. The Morgan fingerprint density at radius 2 is 1.64 bits per heavy atom. The number of carboxylic acid groups (broad SMARTS) is 2. The van der Waals surface area contributed by atoms with Crippen LogP contribution in [0.1, 0.15) is 17.5 Å². The molecule has 7 nitrogen and oxygen atoms in total. The zero-order chi connectivity index (χ0) is 16.6. The summed E-state index contributed by atoms with van der Waals surface area (Å²) in [6, 6.07) is 4.28. The number of para-hydroxylation sites is 1. The maximum Gasteiger partial charge on any atom is 0.302 e. The molecule has 1 radical (unpaired) electrons. The van der Waals surface area contributed by atoms with E-state index in [2.05, 4.69) is 12.2 Å². The fourth-order valence-corrected chi connectivity index (χ4v) is 1.49. The Morgan fingerprint density at radius 3 is 2.00 bits per heavy atom. The summed E-state index contributed by atoms with van der Waals surface area (Å²) < 4.78 is 0. The molecule has 0 aromatic heterocycles. The molecule has 0 saturated heterocycles. The Kier molecular flexibility index (Phi) is 11.0. The van der Waals surface area contributed by atoms with Gasteiger partial charge in [-0.25, -0.2) is 0 Å². The summed E-state index contributed by atoms with van der Waals surface area (Å²) in [4.78, 5) is 30.9. The molecule has 1 unspecified atom stereocenters. The number of anilines is 1. The van der Waals surface area contributed by atoms with Crippen LogP contribution in [-0.2, 0) is 34.5 Å². The molecule has 123 valence electrons.